The standard InChI is InChI=1S/C15H11ClN4S/c1-8-9(2)14-17-18-15(20(14)19-13(8)16)11-7-21-12-6-4-3-5-10(11)12/h3-7H,1-2H3. The van der Waals surface area contributed by atoms with Crippen molar-refractivity contribution in [1.82, 2.24) is 19.8 Å². The van der Waals surface area contributed by atoms with E-state index in [0.717, 1.165) is 33.5 Å². The monoisotopic (exact) mass is 314 g/mol. The lowest BCUT2D eigenvalue weighted by atomic mass is 10.1. The quantitative estimate of drug-likeness (QED) is 0.527. The molecule has 6 heteroatoms. The highest BCUT2D eigenvalue weighted by Crippen LogP contribution is 2.33. The summed E-state index contributed by atoms with van der Waals surface area (Å²) in [4.78, 5) is 0. The molecule has 0 atom stereocenters. The summed E-state index contributed by atoms with van der Waals surface area (Å²) >= 11 is 7.91. The molecular weight excluding hydrogens is 304 g/mol. The SMILES string of the molecule is Cc1c(Cl)nn2c(-c3csc4ccccc34)nnc2c1C. The predicted octanol–water partition coefficient (Wildman–Crippen LogP) is 4.28. The van der Waals surface area contributed by atoms with Gasteiger partial charge in [0.2, 0.25) is 0 Å². The Morgan fingerprint density at radius 2 is 1.90 bits per heavy atom. The fourth-order valence-electron chi connectivity index (χ4n) is 2.41. The molecule has 0 bridgehead atoms. The zero-order valence-electron chi connectivity index (χ0n) is 11.5. The molecule has 0 aliphatic rings. The van der Waals surface area contributed by atoms with Crippen LogP contribution in [0.1, 0.15) is 11.1 Å². The van der Waals surface area contributed by atoms with E-state index in [4.69, 9.17) is 11.6 Å². The third-order valence-corrected chi connectivity index (χ3v) is 5.08. The lowest BCUT2D eigenvalue weighted by Gasteiger charge is -2.04. The summed E-state index contributed by atoms with van der Waals surface area (Å²) in [7, 11) is 0. The number of benzene rings is 1. The summed E-state index contributed by atoms with van der Waals surface area (Å²) in [6, 6.07) is 8.25. The van der Waals surface area contributed by atoms with Gasteiger partial charge in [0.15, 0.2) is 16.6 Å². The van der Waals surface area contributed by atoms with Crippen molar-refractivity contribution in [3.05, 3.63) is 45.9 Å². The van der Waals surface area contributed by atoms with Crippen molar-refractivity contribution in [3.8, 4) is 11.4 Å². The second-order valence-corrected chi connectivity index (χ2v) is 6.21. The summed E-state index contributed by atoms with van der Waals surface area (Å²) in [6.45, 7) is 3.93. The molecule has 4 aromatic rings. The maximum Gasteiger partial charge on any atom is 0.186 e. The molecule has 0 unspecified atom stereocenters. The van der Waals surface area contributed by atoms with Gasteiger partial charge in [-0.15, -0.1) is 21.5 Å². The van der Waals surface area contributed by atoms with Gasteiger partial charge in [-0.1, -0.05) is 29.8 Å². The van der Waals surface area contributed by atoms with Gasteiger partial charge in [0, 0.05) is 26.6 Å². The lowest BCUT2D eigenvalue weighted by molar-refractivity contribution is 0.920. The average molecular weight is 315 g/mol. The molecule has 0 aliphatic heterocycles. The molecule has 0 aliphatic carbocycles. The van der Waals surface area contributed by atoms with E-state index in [-0.39, 0.29) is 0 Å². The van der Waals surface area contributed by atoms with Crippen LogP contribution in [0, 0.1) is 13.8 Å². The molecule has 3 aromatic heterocycles. The van der Waals surface area contributed by atoms with Crippen LogP contribution in [0.5, 0.6) is 0 Å². The molecule has 0 saturated heterocycles. The first-order chi connectivity index (χ1) is 10.2. The van der Waals surface area contributed by atoms with Gasteiger partial charge in [-0.3, -0.25) is 0 Å². The van der Waals surface area contributed by atoms with Gasteiger partial charge in [0.25, 0.3) is 0 Å². The van der Waals surface area contributed by atoms with E-state index in [1.54, 1.807) is 15.9 Å². The van der Waals surface area contributed by atoms with Gasteiger partial charge in [-0.2, -0.15) is 9.61 Å². The zero-order chi connectivity index (χ0) is 14.6. The Morgan fingerprint density at radius 1 is 1.10 bits per heavy atom. The predicted molar refractivity (Wildman–Crippen MR) is 86.1 cm³/mol. The Balaban J connectivity index is 2.08. The summed E-state index contributed by atoms with van der Waals surface area (Å²) in [5.74, 6) is 0.729. The highest BCUT2D eigenvalue weighted by Gasteiger charge is 2.17. The van der Waals surface area contributed by atoms with Crippen LogP contribution in [0.3, 0.4) is 0 Å². The van der Waals surface area contributed by atoms with Gasteiger partial charge >= 0.3 is 0 Å². The minimum atomic E-state index is 0.487. The Kier molecular flexibility index (Phi) is 2.74. The maximum absolute atomic E-state index is 6.22. The van der Waals surface area contributed by atoms with Crippen molar-refractivity contribution in [2.45, 2.75) is 13.8 Å². The molecule has 4 nitrogen and oxygen atoms in total. The van der Waals surface area contributed by atoms with Crippen LogP contribution >= 0.6 is 22.9 Å². The molecule has 0 fully saturated rings. The fraction of sp³-hybridized carbons (Fsp3) is 0.133. The van der Waals surface area contributed by atoms with E-state index >= 15 is 0 Å². The van der Waals surface area contributed by atoms with Crippen molar-refractivity contribution in [1.29, 1.82) is 0 Å². The summed E-state index contributed by atoms with van der Waals surface area (Å²) in [5, 5.41) is 16.8. The van der Waals surface area contributed by atoms with Crippen molar-refractivity contribution in [2.24, 2.45) is 0 Å². The van der Waals surface area contributed by atoms with Gasteiger partial charge in [-0.05, 0) is 25.5 Å². The molecule has 0 amide bonds. The Morgan fingerprint density at radius 3 is 2.76 bits per heavy atom. The highest BCUT2D eigenvalue weighted by atomic mass is 35.5. The Hall–Kier alpha value is -1.98. The second-order valence-electron chi connectivity index (χ2n) is 4.95. The molecule has 0 N–H and O–H groups in total. The molecule has 1 aromatic carbocycles. The van der Waals surface area contributed by atoms with Crippen LogP contribution in [0.15, 0.2) is 29.6 Å². The van der Waals surface area contributed by atoms with Crippen LogP contribution in [-0.2, 0) is 0 Å². The summed E-state index contributed by atoms with van der Waals surface area (Å²) < 4.78 is 2.96. The number of hydrogen-bond acceptors (Lipinski definition) is 4. The molecular formula is C15H11ClN4S. The van der Waals surface area contributed by atoms with E-state index in [1.165, 1.54) is 4.70 Å². The normalized spacial score (nSPS) is 11.6. The number of aryl methyl sites for hydroxylation is 1. The lowest BCUT2D eigenvalue weighted by Crippen LogP contribution is -2.00. The minimum absolute atomic E-state index is 0.487. The van der Waals surface area contributed by atoms with Crippen LogP contribution in [0.4, 0.5) is 0 Å². The Bertz CT molecular complexity index is 986. The van der Waals surface area contributed by atoms with E-state index in [2.05, 4.69) is 32.8 Å². The summed E-state index contributed by atoms with van der Waals surface area (Å²) in [6.07, 6.45) is 0. The third kappa shape index (κ3) is 1.78. The largest absolute Gasteiger partial charge is 0.191 e. The first-order valence-corrected chi connectivity index (χ1v) is 7.77. The smallest absolute Gasteiger partial charge is 0.186 e. The number of fused-ring (bicyclic) bond motifs is 2. The van der Waals surface area contributed by atoms with E-state index in [0.29, 0.717) is 5.15 Å². The average Bonchev–Trinajstić information content (AvgIpc) is 3.08. The minimum Gasteiger partial charge on any atom is -0.191 e. The number of halogens is 1. The number of nitrogens with zero attached hydrogens (tertiary/aromatic N) is 4. The Labute approximate surface area is 130 Å². The fourth-order valence-corrected chi connectivity index (χ4v) is 3.57. The summed E-state index contributed by atoms with van der Waals surface area (Å²) in [5.41, 5.74) is 3.74. The molecule has 21 heavy (non-hydrogen) atoms. The van der Waals surface area contributed by atoms with Crippen LogP contribution in [-0.4, -0.2) is 19.8 Å². The van der Waals surface area contributed by atoms with E-state index in [9.17, 15) is 0 Å². The van der Waals surface area contributed by atoms with E-state index in [1.807, 2.05) is 26.0 Å². The van der Waals surface area contributed by atoms with E-state index < -0.39 is 0 Å². The van der Waals surface area contributed by atoms with Gasteiger partial charge in [0.05, 0.1) is 0 Å². The molecule has 0 saturated carbocycles. The van der Waals surface area contributed by atoms with Crippen molar-refractivity contribution < 1.29 is 0 Å². The molecule has 4 rings (SSSR count). The van der Waals surface area contributed by atoms with Crippen molar-refractivity contribution >= 4 is 38.7 Å². The zero-order valence-corrected chi connectivity index (χ0v) is 13.0. The number of hydrogen-bond donors (Lipinski definition) is 0. The highest BCUT2D eigenvalue weighted by molar-refractivity contribution is 7.17. The first-order valence-electron chi connectivity index (χ1n) is 6.51. The number of rotatable bonds is 1. The maximum atomic E-state index is 6.22. The van der Waals surface area contributed by atoms with Crippen LogP contribution in [0.25, 0.3) is 27.1 Å². The topological polar surface area (TPSA) is 43.1 Å². The van der Waals surface area contributed by atoms with Crippen molar-refractivity contribution in [3.63, 3.8) is 0 Å². The first kappa shape index (κ1) is 12.7. The molecule has 104 valence electrons. The molecule has 0 radical (unpaired) electrons. The van der Waals surface area contributed by atoms with Gasteiger partial charge in [-0.25, -0.2) is 0 Å². The van der Waals surface area contributed by atoms with Gasteiger partial charge in [0.1, 0.15) is 0 Å². The van der Waals surface area contributed by atoms with Gasteiger partial charge < -0.3 is 0 Å². The molecule has 3 heterocycles. The van der Waals surface area contributed by atoms with Crippen LogP contribution < -0.4 is 0 Å². The van der Waals surface area contributed by atoms with Crippen molar-refractivity contribution in [2.75, 3.05) is 0 Å². The van der Waals surface area contributed by atoms with Crippen LogP contribution in [0.2, 0.25) is 5.15 Å². The second kappa shape index (κ2) is 4.51. The number of thiophene rings is 1. The third-order valence-electron chi connectivity index (χ3n) is 3.76. The number of aromatic nitrogens is 4. The molecule has 0 spiro atoms.